The molecule has 88 valence electrons. The molecule has 0 fully saturated rings. The molecule has 8 N–H and O–H groups in total. The summed E-state index contributed by atoms with van der Waals surface area (Å²) in [6, 6.07) is 0. The second-order valence-corrected chi connectivity index (χ2v) is 0.986. The Hall–Kier alpha value is 1.19. The number of hydrogen-bond acceptors (Lipinski definition) is 7. The topological polar surface area (TPSA) is 180 Å². The average Bonchev–Trinajstić information content (AvgIpc) is 1.58. The molecule has 0 aliphatic carbocycles. The van der Waals surface area contributed by atoms with Crippen molar-refractivity contribution in [3.63, 3.8) is 0 Å². The van der Waals surface area contributed by atoms with Crippen LogP contribution in [0.4, 0.5) is 14.4 Å². The Labute approximate surface area is 157 Å². The van der Waals surface area contributed by atoms with Crippen molar-refractivity contribution in [2.75, 3.05) is 0 Å². The zero-order valence-corrected chi connectivity index (χ0v) is 5.85. The molecule has 0 saturated carbocycles. The van der Waals surface area contributed by atoms with Crippen LogP contribution in [0.3, 0.4) is 0 Å². The van der Waals surface area contributed by atoms with Gasteiger partial charge in [0.2, 0.25) is 0 Å². The third kappa shape index (κ3) is 36.2. The van der Waals surface area contributed by atoms with Crippen LogP contribution in [-0.4, -0.2) is 123 Å². The van der Waals surface area contributed by atoms with Gasteiger partial charge in [0.25, 0.3) is 0 Å². The second kappa shape index (κ2) is 25.1. The van der Waals surface area contributed by atoms with Crippen LogP contribution in [0, 0.1) is 0 Å². The molecule has 0 rings (SSSR count). The molecule has 0 aromatic rings. The molecule has 16 heavy (non-hydrogen) atoms. The Morgan fingerprint density at radius 3 is 1.06 bits per heavy atom. The number of carbonyl (C=O) groups is 3. The minimum absolute atomic E-state index is 0. The minimum atomic E-state index is -1.92. The van der Waals surface area contributed by atoms with Gasteiger partial charge in [0, 0.05) is 0 Å². The number of carbonyl (C=O) groups excluding carboxylic acids is 1. The summed E-state index contributed by atoms with van der Waals surface area (Å²) in [4.78, 5) is 28.8. The van der Waals surface area contributed by atoms with E-state index in [2.05, 4.69) is 9.47 Å². The molecule has 0 unspecified atom stereocenters. The molecule has 0 bridgehead atoms. The first-order chi connectivity index (χ1) is 4.52. The van der Waals surface area contributed by atoms with Crippen molar-refractivity contribution < 1.29 is 34.1 Å². The molecule has 0 atom stereocenters. The van der Waals surface area contributed by atoms with Crippen LogP contribution in [0.2, 0.25) is 0 Å². The molecular weight excluding hydrogens is 276 g/mol. The predicted octanol–water partition coefficient (Wildman–Crippen LogP) is -2.85. The third-order valence-electron chi connectivity index (χ3n) is 0.341. The normalized spacial score (nSPS) is 5.00. The van der Waals surface area contributed by atoms with Gasteiger partial charge in [-0.15, -0.1) is 0 Å². The van der Waals surface area contributed by atoms with Crippen LogP contribution in [-0.2, 0) is 9.47 Å². The fraction of sp³-hybridized carbons (Fsp3) is 0. The summed E-state index contributed by atoms with van der Waals surface area (Å²) in [5.74, 6) is 0. The molecule has 0 heterocycles. The SMILES string of the molecule is N.N.O=C(O)OC(=O)OC(=O)O.[AlH3].[AlH3].[NaH].[NaH]. The Kier molecular flexibility index (Phi) is 68.2. The van der Waals surface area contributed by atoms with E-state index >= 15 is 0 Å². The van der Waals surface area contributed by atoms with Gasteiger partial charge in [0.05, 0.1) is 0 Å². The van der Waals surface area contributed by atoms with Crippen molar-refractivity contribution in [1.29, 1.82) is 0 Å². The average molecular weight is 292 g/mol. The summed E-state index contributed by atoms with van der Waals surface area (Å²) in [6.07, 6.45) is -5.64. The van der Waals surface area contributed by atoms with Crippen LogP contribution in [0.1, 0.15) is 0 Å². The molecule has 0 aliphatic rings. The van der Waals surface area contributed by atoms with E-state index in [0.29, 0.717) is 0 Å². The van der Waals surface area contributed by atoms with Gasteiger partial charge in [-0.25, -0.2) is 14.4 Å². The maximum atomic E-state index is 9.86. The number of hydrogen-bond donors (Lipinski definition) is 4. The number of rotatable bonds is 0. The van der Waals surface area contributed by atoms with Gasteiger partial charge < -0.3 is 32.0 Å². The number of carboxylic acid groups (broad SMARTS) is 2. The Bertz CT molecular complexity index is 176. The van der Waals surface area contributed by atoms with Gasteiger partial charge in [-0.3, -0.25) is 0 Å². The summed E-state index contributed by atoms with van der Waals surface area (Å²) >= 11 is 0. The Morgan fingerprint density at radius 1 is 0.750 bits per heavy atom. The maximum absolute atomic E-state index is 9.86. The zero-order chi connectivity index (χ0) is 8.15. The fourth-order valence-corrected chi connectivity index (χ4v) is 0.163. The zero-order valence-electron chi connectivity index (χ0n) is 5.85. The first-order valence-corrected chi connectivity index (χ1v) is 1.88. The van der Waals surface area contributed by atoms with E-state index in [9.17, 15) is 14.4 Å². The van der Waals surface area contributed by atoms with Crippen molar-refractivity contribution in [2.24, 2.45) is 0 Å². The first-order valence-electron chi connectivity index (χ1n) is 1.88. The molecule has 0 spiro atoms. The summed E-state index contributed by atoms with van der Waals surface area (Å²) in [5, 5.41) is 15.4. The van der Waals surface area contributed by atoms with Gasteiger partial charge in [-0.2, -0.15) is 0 Å². The van der Waals surface area contributed by atoms with Crippen molar-refractivity contribution >= 4 is 112 Å². The van der Waals surface area contributed by atoms with Crippen LogP contribution < -0.4 is 12.3 Å². The molecule has 13 heteroatoms. The molecule has 0 radical (unpaired) electrons. The van der Waals surface area contributed by atoms with E-state index in [0.717, 1.165) is 0 Å². The van der Waals surface area contributed by atoms with Gasteiger partial charge in [0.1, 0.15) is 0 Å². The van der Waals surface area contributed by atoms with Crippen LogP contribution in [0.5, 0.6) is 0 Å². The quantitative estimate of drug-likeness (QED) is 0.207. The van der Waals surface area contributed by atoms with Crippen molar-refractivity contribution in [2.45, 2.75) is 0 Å². The van der Waals surface area contributed by atoms with E-state index in [4.69, 9.17) is 10.2 Å². The molecule has 0 aliphatic heterocycles. The molecule has 0 aromatic heterocycles. The predicted molar refractivity (Wildman–Crippen MR) is 67.8 cm³/mol. The summed E-state index contributed by atoms with van der Waals surface area (Å²) in [5.41, 5.74) is 0. The molecule has 0 aromatic carbocycles. The standard InChI is InChI=1S/C3H2O7.2Al.2H3N.2Na.8H/c4-1(5)9-3(8)10-2(6)7;;;;;;;;;;;;;;/h(H,4,5)(H,6,7);;;2*1H3;;;;;;;;;;. The van der Waals surface area contributed by atoms with Gasteiger partial charge in [0.15, 0.2) is 34.7 Å². The van der Waals surface area contributed by atoms with E-state index in [1.807, 2.05) is 0 Å². The summed E-state index contributed by atoms with van der Waals surface area (Å²) in [6.45, 7) is 0. The van der Waals surface area contributed by atoms with Gasteiger partial charge in [-0.1, -0.05) is 0 Å². The monoisotopic (exact) mass is 292 g/mol. The third-order valence-corrected chi connectivity index (χ3v) is 0.341. The molecule has 0 amide bonds. The molecular formula is C3H16Al2N2Na2O7. The fourth-order valence-electron chi connectivity index (χ4n) is 0.163. The summed E-state index contributed by atoms with van der Waals surface area (Å²) < 4.78 is 6.47. The van der Waals surface area contributed by atoms with Gasteiger partial charge >= 0.3 is 77.6 Å². The van der Waals surface area contributed by atoms with E-state index < -0.39 is 18.5 Å². The Balaban J connectivity index is -0.0000000270. The number of ether oxygens (including phenoxy) is 2. The van der Waals surface area contributed by atoms with E-state index in [1.54, 1.807) is 0 Å². The Morgan fingerprint density at radius 2 is 0.938 bits per heavy atom. The first kappa shape index (κ1) is 43.4. The van der Waals surface area contributed by atoms with Crippen LogP contribution in [0.25, 0.3) is 0 Å². The van der Waals surface area contributed by atoms with Gasteiger partial charge in [-0.05, 0) is 0 Å². The van der Waals surface area contributed by atoms with Crippen molar-refractivity contribution in [1.82, 2.24) is 12.3 Å². The van der Waals surface area contributed by atoms with E-state index in [1.165, 1.54) is 0 Å². The van der Waals surface area contributed by atoms with Crippen LogP contribution in [0.15, 0.2) is 0 Å². The summed E-state index contributed by atoms with van der Waals surface area (Å²) in [7, 11) is 0. The van der Waals surface area contributed by atoms with Crippen molar-refractivity contribution in [3.05, 3.63) is 0 Å². The van der Waals surface area contributed by atoms with E-state index in [-0.39, 0.29) is 106 Å². The van der Waals surface area contributed by atoms with Crippen molar-refractivity contribution in [3.8, 4) is 0 Å². The van der Waals surface area contributed by atoms with Crippen LogP contribution >= 0.6 is 0 Å². The molecule has 9 nitrogen and oxygen atoms in total. The second-order valence-electron chi connectivity index (χ2n) is 0.986. The molecule has 0 saturated heterocycles.